The largest absolute Gasteiger partial charge is 0.453 e. The van der Waals surface area contributed by atoms with E-state index in [0.29, 0.717) is 12.5 Å². The maximum absolute atomic E-state index is 13.7. The number of H-pyrrole nitrogens is 1. The Kier molecular flexibility index (Phi) is 10.4. The highest BCUT2D eigenvalue weighted by atomic mass is 16.5. The number of likely N-dealkylation sites (tertiary alicyclic amines) is 2. The Morgan fingerprint density at radius 1 is 0.961 bits per heavy atom. The van der Waals surface area contributed by atoms with Gasteiger partial charge in [-0.1, -0.05) is 58.6 Å². The molecule has 2 N–H and O–H groups in total. The van der Waals surface area contributed by atoms with Crippen LogP contribution in [0, 0.1) is 29.6 Å². The third kappa shape index (κ3) is 7.30. The molecule has 6 rings (SSSR count). The number of rotatable bonds is 8. The molecule has 51 heavy (non-hydrogen) atoms. The van der Waals surface area contributed by atoms with Crippen LogP contribution >= 0.6 is 0 Å². The smallest absolute Gasteiger partial charge is 0.407 e. The highest BCUT2D eigenvalue weighted by Gasteiger charge is 2.46. The number of imidazole rings is 1. The summed E-state index contributed by atoms with van der Waals surface area (Å²) in [7, 11) is 1.30. The molecule has 0 radical (unpaired) electrons. The number of nitrogens with zero attached hydrogens (tertiary/aromatic N) is 4. The van der Waals surface area contributed by atoms with Gasteiger partial charge >= 0.3 is 6.09 Å². The Balaban J connectivity index is 1.12. The molecule has 268 valence electrons. The highest BCUT2D eigenvalue weighted by molar-refractivity contribution is 6.03. The molecule has 1 aromatic heterocycles. The minimum Gasteiger partial charge on any atom is -0.453 e. The minimum absolute atomic E-state index is 0.0120. The van der Waals surface area contributed by atoms with Gasteiger partial charge in [0, 0.05) is 48.5 Å². The number of benzene rings is 2. The van der Waals surface area contributed by atoms with Crippen LogP contribution in [0.4, 0.5) is 4.79 Å². The monoisotopic (exact) mass is 690 g/mol. The minimum atomic E-state index is -0.700. The molecule has 2 aromatic carbocycles. The quantitative estimate of drug-likeness (QED) is 0.257. The van der Waals surface area contributed by atoms with E-state index in [-0.39, 0.29) is 29.7 Å². The molecule has 3 aliphatic heterocycles. The molecule has 10 nitrogen and oxygen atoms in total. The molecule has 4 heterocycles. The second-order valence-corrected chi connectivity index (χ2v) is 15.0. The van der Waals surface area contributed by atoms with E-state index in [1.165, 1.54) is 7.11 Å². The van der Waals surface area contributed by atoms with Gasteiger partial charge in [0.25, 0.3) is 0 Å². The average molecular weight is 691 g/mol. The van der Waals surface area contributed by atoms with Crippen LogP contribution in [-0.4, -0.2) is 75.7 Å². The van der Waals surface area contributed by atoms with E-state index >= 15 is 0 Å². The molecule has 3 aliphatic rings. The van der Waals surface area contributed by atoms with Crippen LogP contribution in [0.15, 0.2) is 53.7 Å². The fourth-order valence-corrected chi connectivity index (χ4v) is 7.44. The van der Waals surface area contributed by atoms with Gasteiger partial charge in [0.15, 0.2) is 0 Å². The topological polar surface area (TPSA) is 120 Å². The molecule has 2 saturated heterocycles. The number of fused-ring (bicyclic) bond motifs is 1. The van der Waals surface area contributed by atoms with Crippen LogP contribution in [0.2, 0.25) is 0 Å². The van der Waals surface area contributed by atoms with Crippen molar-refractivity contribution in [2.45, 2.75) is 91.3 Å². The zero-order chi connectivity index (χ0) is 36.4. The van der Waals surface area contributed by atoms with Gasteiger partial charge in [-0.25, -0.2) is 9.78 Å². The zero-order valence-corrected chi connectivity index (χ0v) is 30.9. The van der Waals surface area contributed by atoms with Gasteiger partial charge in [-0.2, -0.15) is 0 Å². The summed E-state index contributed by atoms with van der Waals surface area (Å²) in [6.07, 6.45) is 5.68. The van der Waals surface area contributed by atoms with Crippen molar-refractivity contribution in [1.82, 2.24) is 25.1 Å². The maximum atomic E-state index is 13.7. The molecule has 10 heteroatoms. The Morgan fingerprint density at radius 2 is 1.69 bits per heavy atom. The number of amides is 3. The van der Waals surface area contributed by atoms with Gasteiger partial charge in [0.2, 0.25) is 11.8 Å². The van der Waals surface area contributed by atoms with E-state index in [0.717, 1.165) is 83.5 Å². The van der Waals surface area contributed by atoms with E-state index in [1.54, 1.807) is 0 Å². The van der Waals surface area contributed by atoms with Crippen molar-refractivity contribution < 1.29 is 19.1 Å². The first kappa shape index (κ1) is 35.9. The molecule has 0 bridgehead atoms. The van der Waals surface area contributed by atoms with Gasteiger partial charge in [0.1, 0.15) is 11.9 Å². The maximum Gasteiger partial charge on any atom is 0.407 e. The summed E-state index contributed by atoms with van der Waals surface area (Å²) in [5.74, 6) is 7.63. The number of alkyl carbamates (subject to hydrolysis) is 1. The number of carbonyl (C=O) groups is 3. The summed E-state index contributed by atoms with van der Waals surface area (Å²) in [5, 5.41) is 2.72. The van der Waals surface area contributed by atoms with Gasteiger partial charge in [-0.15, -0.1) is 0 Å². The Bertz CT molecular complexity index is 1930. The van der Waals surface area contributed by atoms with Gasteiger partial charge < -0.3 is 24.8 Å². The van der Waals surface area contributed by atoms with Gasteiger partial charge in [-0.3, -0.25) is 14.6 Å². The van der Waals surface area contributed by atoms with Crippen LogP contribution in [0.5, 0.6) is 0 Å². The van der Waals surface area contributed by atoms with Crippen molar-refractivity contribution in [2.24, 2.45) is 22.7 Å². The number of hydrogen-bond acceptors (Lipinski definition) is 6. The molecule has 0 aliphatic carbocycles. The number of ether oxygens (including phenoxy) is 1. The van der Waals surface area contributed by atoms with Crippen molar-refractivity contribution in [3.63, 3.8) is 0 Å². The fraction of sp³-hybridized carbons (Fsp3) is 0.488. The van der Waals surface area contributed by atoms with E-state index in [9.17, 15) is 14.4 Å². The third-order valence-corrected chi connectivity index (χ3v) is 11.0. The number of aliphatic imine (C=N–C) groups is 1. The summed E-state index contributed by atoms with van der Waals surface area (Å²) >= 11 is 0. The first-order valence-corrected chi connectivity index (χ1v) is 18.2. The Morgan fingerprint density at radius 3 is 2.39 bits per heavy atom. The Labute approximate surface area is 301 Å². The lowest BCUT2D eigenvalue weighted by atomic mass is 9.94. The van der Waals surface area contributed by atoms with Crippen LogP contribution in [0.25, 0.3) is 16.6 Å². The van der Waals surface area contributed by atoms with Crippen molar-refractivity contribution in [3.05, 3.63) is 71.2 Å². The summed E-state index contributed by atoms with van der Waals surface area (Å²) in [5.41, 5.74) is 6.15. The van der Waals surface area contributed by atoms with E-state index in [4.69, 9.17) is 14.7 Å². The molecule has 0 unspecified atom stereocenters. The first-order valence-electron chi connectivity index (χ1n) is 18.2. The number of carbonyl (C=O) groups excluding carboxylic acids is 3. The van der Waals surface area contributed by atoms with Gasteiger partial charge in [-0.05, 0) is 85.9 Å². The van der Waals surface area contributed by atoms with Crippen LogP contribution in [0.3, 0.4) is 0 Å². The van der Waals surface area contributed by atoms with Crippen molar-refractivity contribution in [3.8, 4) is 11.8 Å². The summed E-state index contributed by atoms with van der Waals surface area (Å²) in [6, 6.07) is 13.6. The number of methoxy groups -OCH3 is 1. The molecular formula is C41H50N6O4. The molecular weight excluding hydrogens is 640 g/mol. The number of aromatic amines is 1. The predicted molar refractivity (Wildman–Crippen MR) is 200 cm³/mol. The third-order valence-electron chi connectivity index (χ3n) is 11.0. The second-order valence-electron chi connectivity index (χ2n) is 15.0. The van der Waals surface area contributed by atoms with E-state index in [2.05, 4.69) is 53.0 Å². The van der Waals surface area contributed by atoms with Crippen molar-refractivity contribution in [1.29, 1.82) is 0 Å². The van der Waals surface area contributed by atoms with Gasteiger partial charge in [0.05, 0.1) is 29.7 Å². The molecule has 4 atom stereocenters. The molecule has 2 fully saturated rings. The average Bonchev–Trinajstić information content (AvgIpc) is 3.94. The molecule has 0 spiro atoms. The summed E-state index contributed by atoms with van der Waals surface area (Å²) in [6.45, 7) is 13.5. The number of allylic oxidation sites excluding steroid dienone is 1. The van der Waals surface area contributed by atoms with Crippen molar-refractivity contribution >= 4 is 40.2 Å². The van der Waals surface area contributed by atoms with E-state index in [1.807, 2.05) is 69.1 Å². The van der Waals surface area contributed by atoms with Crippen LogP contribution < -0.4 is 5.32 Å². The normalized spacial score (nSPS) is 21.4. The number of aromatic nitrogens is 2. The molecule has 3 amide bonds. The molecule has 3 aromatic rings. The number of nitrogens with one attached hydrogen (secondary N) is 2. The van der Waals surface area contributed by atoms with E-state index < -0.39 is 17.7 Å². The molecule has 0 saturated carbocycles. The lowest BCUT2D eigenvalue weighted by Crippen LogP contribution is -2.55. The lowest BCUT2D eigenvalue weighted by molar-refractivity contribution is -0.139. The zero-order valence-electron chi connectivity index (χ0n) is 30.9. The number of hydrogen-bond donors (Lipinski definition) is 2. The first-order chi connectivity index (χ1) is 24.4. The standard InChI is InChI=1S/C41H50N6O4/c1-25(2)27(5)37(48)46-20-8-10-35(46)34-23-31(24-42-34)30-16-13-28(14-17-30)11-12-29-15-18-32-33(22-29)44-39(43-32)41(6)19-9-21-47(41)38(49)36(26(3)4)45-40(50)51-7/h13-18,22,24-27,35-36H,8-10,19-21,23H2,1-7H3,(H,43,44)(H,45,50)/t27-,35-,36-,41-/m0/s1. The fourth-order valence-electron chi connectivity index (χ4n) is 7.44. The summed E-state index contributed by atoms with van der Waals surface area (Å²) in [4.78, 5) is 55.9. The Hall–Kier alpha value is -4.91. The van der Waals surface area contributed by atoms with Crippen molar-refractivity contribution in [2.75, 3.05) is 20.2 Å². The lowest BCUT2D eigenvalue weighted by Gasteiger charge is -2.37. The SMILES string of the molecule is COC(=O)N[C@H](C(=O)N1CCC[C@@]1(C)c1nc2ccc(C#Cc3ccc(C4=CN=C([C@@H]5CCCN5C(=O)[C@@H](C)C(C)C)C4)cc3)cc2[nH]1)C(C)C. The van der Waals surface area contributed by atoms with Crippen LogP contribution in [-0.2, 0) is 19.9 Å². The highest BCUT2D eigenvalue weighted by Crippen LogP contribution is 2.39. The predicted octanol–water partition coefficient (Wildman–Crippen LogP) is 6.65. The van der Waals surface area contributed by atoms with Crippen LogP contribution in [0.1, 0.15) is 96.2 Å². The summed E-state index contributed by atoms with van der Waals surface area (Å²) < 4.78 is 4.78. The second kappa shape index (κ2) is 14.7.